The minimum Gasteiger partial charge on any atom is -0.461 e. The average Bonchev–Trinajstić information content (AvgIpc) is 3.58. The van der Waals surface area contributed by atoms with Crippen LogP contribution in [0.3, 0.4) is 0 Å². The molecule has 0 aromatic carbocycles. The smallest absolute Gasteiger partial charge is 0.317 e. The van der Waals surface area contributed by atoms with Crippen molar-refractivity contribution >= 4 is 11.8 Å². The fraction of sp³-hybridized carbons (Fsp3) is 0.714. The number of aliphatic hydroxyl groups is 2. The molecule has 2 amide bonds. The Bertz CT molecular complexity index is 1310. The Hall–Kier alpha value is -2.42. The number of carbonyl (C=O) groups is 2. The number of amides is 2. The first kappa shape index (κ1) is 30.6. The van der Waals surface area contributed by atoms with Crippen molar-refractivity contribution in [1.82, 2.24) is 10.2 Å². The van der Waals surface area contributed by atoms with E-state index in [0.29, 0.717) is 38.2 Å². The van der Waals surface area contributed by atoms with Crippen LogP contribution in [-0.2, 0) is 4.74 Å². The minimum atomic E-state index is -1.11. The van der Waals surface area contributed by atoms with Gasteiger partial charge >= 0.3 is 6.03 Å². The van der Waals surface area contributed by atoms with Gasteiger partial charge in [0.25, 0.3) is 0 Å². The van der Waals surface area contributed by atoms with Gasteiger partial charge in [-0.2, -0.15) is 0 Å². The Labute approximate surface area is 255 Å². The van der Waals surface area contributed by atoms with Crippen LogP contribution in [0.2, 0.25) is 0 Å². The van der Waals surface area contributed by atoms with Crippen LogP contribution in [0.15, 0.2) is 46.6 Å². The SMILES string of the molecule is COCCCN(C[C@]1(O)CC[C@H]2[C@]34C=C[C@@]5(C=C3C(=O)c3ccco3)CC(O)CC[C@]5(C)[C@H]4CC[C@@]21C)C(=O)NC(C)C. The zero-order chi connectivity index (χ0) is 30.8. The van der Waals surface area contributed by atoms with Gasteiger partial charge in [-0.25, -0.2) is 4.79 Å². The van der Waals surface area contributed by atoms with Gasteiger partial charge in [-0.05, 0) is 94.6 Å². The number of furan rings is 1. The Morgan fingerprint density at radius 2 is 1.84 bits per heavy atom. The average molecular weight is 595 g/mol. The zero-order valence-electron chi connectivity index (χ0n) is 26.5. The van der Waals surface area contributed by atoms with E-state index in [9.17, 15) is 19.8 Å². The Morgan fingerprint density at radius 3 is 2.53 bits per heavy atom. The van der Waals surface area contributed by atoms with E-state index in [-0.39, 0.29) is 47.1 Å². The number of ketones is 1. The van der Waals surface area contributed by atoms with Crippen molar-refractivity contribution in [2.24, 2.45) is 33.5 Å². The van der Waals surface area contributed by atoms with Crippen LogP contribution in [0.25, 0.3) is 0 Å². The lowest BCUT2D eigenvalue weighted by Gasteiger charge is -2.71. The summed E-state index contributed by atoms with van der Waals surface area (Å²) >= 11 is 0. The largest absolute Gasteiger partial charge is 0.461 e. The van der Waals surface area contributed by atoms with Crippen molar-refractivity contribution in [3.63, 3.8) is 0 Å². The lowest BCUT2D eigenvalue weighted by molar-refractivity contribution is -0.174. The number of hydrogen-bond donors (Lipinski definition) is 3. The van der Waals surface area contributed by atoms with E-state index in [1.807, 2.05) is 13.8 Å². The Kier molecular flexibility index (Phi) is 7.54. The monoisotopic (exact) mass is 594 g/mol. The normalized spacial score (nSPS) is 40.9. The first-order chi connectivity index (χ1) is 20.4. The van der Waals surface area contributed by atoms with Gasteiger partial charge in [0.05, 0.1) is 24.5 Å². The van der Waals surface area contributed by atoms with Crippen LogP contribution in [0, 0.1) is 33.5 Å². The molecule has 1 aromatic rings. The number of carbonyl (C=O) groups excluding carboxylic acids is 2. The van der Waals surface area contributed by atoms with Gasteiger partial charge in [-0.3, -0.25) is 4.79 Å². The zero-order valence-corrected chi connectivity index (χ0v) is 26.5. The molecular formula is C35H50N2O6. The number of urea groups is 1. The van der Waals surface area contributed by atoms with E-state index in [0.717, 1.165) is 37.7 Å². The van der Waals surface area contributed by atoms with Gasteiger partial charge in [-0.15, -0.1) is 0 Å². The van der Waals surface area contributed by atoms with Crippen molar-refractivity contribution in [3.05, 3.63) is 48.0 Å². The fourth-order valence-electron chi connectivity index (χ4n) is 10.4. The maximum Gasteiger partial charge on any atom is 0.317 e. The molecule has 8 heteroatoms. The first-order valence-corrected chi connectivity index (χ1v) is 16.3. The molecule has 236 valence electrons. The number of nitrogens with one attached hydrogen (secondary N) is 1. The molecule has 3 saturated carbocycles. The van der Waals surface area contributed by atoms with Gasteiger partial charge in [0, 0.05) is 48.1 Å². The second-order valence-corrected chi connectivity index (χ2v) is 15.0. The van der Waals surface area contributed by atoms with Crippen LogP contribution in [0.4, 0.5) is 4.79 Å². The number of allylic oxidation sites excluding steroid dienone is 4. The van der Waals surface area contributed by atoms with Crippen LogP contribution >= 0.6 is 0 Å². The maximum absolute atomic E-state index is 14.3. The molecule has 1 heterocycles. The Morgan fingerprint density at radius 1 is 1.12 bits per heavy atom. The maximum atomic E-state index is 14.3. The van der Waals surface area contributed by atoms with Crippen LogP contribution < -0.4 is 5.32 Å². The number of Topliss-reactive ketones (excluding diaryl/α,β-unsaturated/α-hetero) is 1. The van der Waals surface area contributed by atoms with Crippen LogP contribution in [0.1, 0.15) is 89.6 Å². The third kappa shape index (κ3) is 4.33. The lowest BCUT2D eigenvalue weighted by Crippen LogP contribution is -2.67. The van der Waals surface area contributed by atoms with E-state index >= 15 is 0 Å². The van der Waals surface area contributed by atoms with Crippen molar-refractivity contribution in [1.29, 1.82) is 0 Å². The first-order valence-electron chi connectivity index (χ1n) is 16.3. The summed E-state index contributed by atoms with van der Waals surface area (Å²) in [5.41, 5.74) is -1.89. The minimum absolute atomic E-state index is 0.0149. The highest BCUT2D eigenvalue weighted by Crippen LogP contribution is 2.78. The molecule has 2 spiro atoms. The van der Waals surface area contributed by atoms with Crippen molar-refractivity contribution in [3.8, 4) is 0 Å². The number of fused-ring (bicyclic) bond motifs is 1. The summed E-state index contributed by atoms with van der Waals surface area (Å²) in [4.78, 5) is 29.5. The molecule has 0 radical (unpaired) electrons. The highest BCUT2D eigenvalue weighted by molar-refractivity contribution is 6.08. The van der Waals surface area contributed by atoms with Gasteiger partial charge in [-0.1, -0.05) is 32.1 Å². The van der Waals surface area contributed by atoms with E-state index in [2.05, 4.69) is 37.4 Å². The molecule has 8 nitrogen and oxygen atoms in total. The predicted molar refractivity (Wildman–Crippen MR) is 163 cm³/mol. The van der Waals surface area contributed by atoms with E-state index in [1.165, 1.54) is 0 Å². The number of nitrogens with zero attached hydrogens (tertiary/aromatic N) is 1. The third-order valence-corrected chi connectivity index (χ3v) is 12.6. The third-order valence-electron chi connectivity index (χ3n) is 12.6. The highest BCUT2D eigenvalue weighted by atomic mass is 16.5. The molecule has 6 aliphatic rings. The molecular weight excluding hydrogens is 544 g/mol. The summed E-state index contributed by atoms with van der Waals surface area (Å²) in [6.07, 6.45) is 14.0. The summed E-state index contributed by atoms with van der Waals surface area (Å²) in [6, 6.07) is 3.32. The summed E-state index contributed by atoms with van der Waals surface area (Å²) < 4.78 is 11.0. The molecule has 0 saturated heterocycles. The van der Waals surface area contributed by atoms with Crippen LogP contribution in [-0.4, -0.2) is 71.5 Å². The molecule has 7 rings (SSSR count). The second kappa shape index (κ2) is 10.6. The quantitative estimate of drug-likeness (QED) is 0.198. The predicted octanol–water partition coefficient (Wildman–Crippen LogP) is 5.51. The van der Waals surface area contributed by atoms with Crippen molar-refractivity contribution in [2.45, 2.75) is 96.8 Å². The van der Waals surface area contributed by atoms with E-state index < -0.39 is 22.5 Å². The lowest BCUT2D eigenvalue weighted by atomic mass is 9.32. The summed E-state index contributed by atoms with van der Waals surface area (Å²) in [5.74, 6) is 0.475. The number of rotatable bonds is 9. The van der Waals surface area contributed by atoms with Gasteiger partial charge in [0.1, 0.15) is 0 Å². The number of ether oxygens (including phenoxy) is 1. The standard InChI is InChI=1S/C35H50N2O6/c1-23(2)36-30(40)37(17-7-18-42-5)22-34(41)14-11-28-32(34,4)13-10-27-31(3)12-9-24(38)20-33(31)15-16-35(27,28)25(21-33)29(39)26-8-6-19-43-26/h6,8,15-16,19,21,23-24,27-28,38,41H,7,9-14,17-18,20,22H2,1-5H3,(H,36,40)/t24?,27-,28-,31-,32+,33+,34-,35-/m1/s1. The number of aliphatic hydroxyl groups excluding tert-OH is 1. The molecule has 6 aliphatic carbocycles. The molecule has 2 bridgehead atoms. The highest BCUT2D eigenvalue weighted by Gasteiger charge is 2.74. The molecule has 8 atom stereocenters. The topological polar surface area (TPSA) is 112 Å². The van der Waals surface area contributed by atoms with Crippen molar-refractivity contribution in [2.75, 3.05) is 26.8 Å². The molecule has 1 aromatic heterocycles. The Balaban J connectivity index is 1.42. The van der Waals surface area contributed by atoms with E-state index in [4.69, 9.17) is 9.15 Å². The number of hydrogen-bond acceptors (Lipinski definition) is 6. The summed E-state index contributed by atoms with van der Waals surface area (Å²) in [5, 5.41) is 26.6. The summed E-state index contributed by atoms with van der Waals surface area (Å²) in [6.45, 7) is 9.75. The van der Waals surface area contributed by atoms with Gasteiger partial charge in [0.15, 0.2) is 5.76 Å². The van der Waals surface area contributed by atoms with Gasteiger partial charge in [0.2, 0.25) is 5.78 Å². The molecule has 43 heavy (non-hydrogen) atoms. The van der Waals surface area contributed by atoms with E-state index in [1.54, 1.807) is 30.4 Å². The molecule has 3 fully saturated rings. The van der Waals surface area contributed by atoms with Crippen LogP contribution in [0.5, 0.6) is 0 Å². The molecule has 0 aliphatic heterocycles. The fourth-order valence-corrected chi connectivity index (χ4v) is 10.4. The van der Waals surface area contributed by atoms with Crippen molar-refractivity contribution < 1.29 is 29.0 Å². The summed E-state index contributed by atoms with van der Waals surface area (Å²) in [7, 11) is 1.66. The second-order valence-electron chi connectivity index (χ2n) is 15.0. The molecule has 3 N–H and O–H groups in total. The number of methoxy groups -OCH3 is 1. The molecule has 1 unspecified atom stereocenters. The van der Waals surface area contributed by atoms with Gasteiger partial charge < -0.3 is 29.6 Å².